The zero-order chi connectivity index (χ0) is 13.7. The van der Waals surface area contributed by atoms with Crippen LogP contribution >= 0.6 is 27.5 Å². The third kappa shape index (κ3) is 3.97. The molecular weight excluding hydrogens is 318 g/mol. The lowest BCUT2D eigenvalue weighted by molar-refractivity contribution is 0.0780. The normalized spacial score (nSPS) is 12.3. The van der Waals surface area contributed by atoms with Crippen LogP contribution in [-0.4, -0.2) is 43.5 Å². The van der Waals surface area contributed by atoms with Crippen LogP contribution in [0.2, 0.25) is 0 Å². The molecule has 0 aromatic heterocycles. The van der Waals surface area contributed by atoms with Crippen LogP contribution < -0.4 is 0 Å². The van der Waals surface area contributed by atoms with Gasteiger partial charge in [0.15, 0.2) is 0 Å². The van der Waals surface area contributed by atoms with Gasteiger partial charge in [-0.1, -0.05) is 12.1 Å². The first-order chi connectivity index (χ1) is 8.47. The Hall–Kier alpha value is -0.580. The molecule has 1 aromatic rings. The molecule has 0 heterocycles. The van der Waals surface area contributed by atoms with Crippen LogP contribution in [0, 0.1) is 6.92 Å². The standard InChI is InChI=1S/C13H17BrClNO2/c1-9-5-4-6-11(12(9)14)13(17)16(2)7-10(15)8-18-3/h4-6,10H,7-8H2,1-3H3. The maximum absolute atomic E-state index is 12.3. The minimum absolute atomic E-state index is 0.0488. The first-order valence-electron chi connectivity index (χ1n) is 5.61. The number of nitrogens with zero attached hydrogens (tertiary/aromatic N) is 1. The average molecular weight is 335 g/mol. The van der Waals surface area contributed by atoms with Crippen molar-refractivity contribution in [2.24, 2.45) is 0 Å². The number of alkyl halides is 1. The van der Waals surface area contributed by atoms with Gasteiger partial charge in [-0.2, -0.15) is 0 Å². The van der Waals surface area contributed by atoms with E-state index >= 15 is 0 Å². The van der Waals surface area contributed by atoms with Gasteiger partial charge < -0.3 is 9.64 Å². The predicted octanol–water partition coefficient (Wildman–Crippen LogP) is 3.08. The fourth-order valence-electron chi connectivity index (χ4n) is 1.63. The molecule has 0 saturated heterocycles. The fraction of sp³-hybridized carbons (Fsp3) is 0.462. The van der Waals surface area contributed by atoms with Gasteiger partial charge in [0.05, 0.1) is 17.5 Å². The minimum atomic E-state index is -0.201. The van der Waals surface area contributed by atoms with Crippen LogP contribution in [0.5, 0.6) is 0 Å². The molecule has 1 rings (SSSR count). The summed E-state index contributed by atoms with van der Waals surface area (Å²) in [5, 5.41) is -0.201. The van der Waals surface area contributed by atoms with Crippen LogP contribution in [0.3, 0.4) is 0 Å². The summed E-state index contributed by atoms with van der Waals surface area (Å²) in [6, 6.07) is 5.63. The second-order valence-corrected chi connectivity index (χ2v) is 5.58. The van der Waals surface area contributed by atoms with E-state index in [1.165, 1.54) is 0 Å². The number of halogens is 2. The van der Waals surface area contributed by atoms with Gasteiger partial charge in [0, 0.05) is 25.2 Å². The van der Waals surface area contributed by atoms with E-state index < -0.39 is 0 Å². The number of hydrogen-bond acceptors (Lipinski definition) is 2. The van der Waals surface area contributed by atoms with E-state index in [1.807, 2.05) is 19.1 Å². The van der Waals surface area contributed by atoms with Crippen molar-refractivity contribution in [3.8, 4) is 0 Å². The van der Waals surface area contributed by atoms with Crippen molar-refractivity contribution >= 4 is 33.4 Å². The summed E-state index contributed by atoms with van der Waals surface area (Å²) in [6.07, 6.45) is 0. The van der Waals surface area contributed by atoms with Crippen molar-refractivity contribution in [3.05, 3.63) is 33.8 Å². The summed E-state index contributed by atoms with van der Waals surface area (Å²) >= 11 is 9.49. The molecular formula is C13H17BrClNO2. The number of carbonyl (C=O) groups excluding carboxylic acids is 1. The summed E-state index contributed by atoms with van der Waals surface area (Å²) in [6.45, 7) is 2.83. The number of methoxy groups -OCH3 is 1. The lowest BCUT2D eigenvalue weighted by Crippen LogP contribution is -2.34. The summed E-state index contributed by atoms with van der Waals surface area (Å²) in [5.41, 5.74) is 1.69. The van der Waals surface area contributed by atoms with E-state index in [-0.39, 0.29) is 11.3 Å². The summed E-state index contributed by atoms with van der Waals surface area (Å²) in [7, 11) is 3.33. The zero-order valence-electron chi connectivity index (χ0n) is 10.7. The molecule has 1 aromatic carbocycles. The molecule has 0 radical (unpaired) electrons. The monoisotopic (exact) mass is 333 g/mol. The van der Waals surface area contributed by atoms with Gasteiger partial charge in [0.1, 0.15) is 0 Å². The molecule has 1 amide bonds. The number of aryl methyl sites for hydroxylation is 1. The predicted molar refractivity (Wildman–Crippen MR) is 77.4 cm³/mol. The molecule has 3 nitrogen and oxygen atoms in total. The molecule has 0 aliphatic carbocycles. The third-order valence-electron chi connectivity index (χ3n) is 2.59. The molecule has 0 aliphatic rings. The number of amides is 1. The Balaban J connectivity index is 2.77. The van der Waals surface area contributed by atoms with Crippen LogP contribution in [0.4, 0.5) is 0 Å². The smallest absolute Gasteiger partial charge is 0.254 e. The number of benzene rings is 1. The summed E-state index contributed by atoms with van der Waals surface area (Å²) < 4.78 is 5.79. The molecule has 0 spiro atoms. The number of rotatable bonds is 5. The molecule has 1 unspecified atom stereocenters. The van der Waals surface area contributed by atoms with Crippen molar-refractivity contribution in [1.29, 1.82) is 0 Å². The van der Waals surface area contributed by atoms with Gasteiger partial charge in [-0.15, -0.1) is 11.6 Å². The van der Waals surface area contributed by atoms with Crippen molar-refractivity contribution < 1.29 is 9.53 Å². The van der Waals surface area contributed by atoms with Crippen LogP contribution in [0.25, 0.3) is 0 Å². The number of hydrogen-bond donors (Lipinski definition) is 0. The largest absolute Gasteiger partial charge is 0.383 e. The lowest BCUT2D eigenvalue weighted by Gasteiger charge is -2.21. The molecule has 100 valence electrons. The second kappa shape index (κ2) is 7.12. The Labute approximate surface area is 121 Å². The van der Waals surface area contributed by atoms with E-state index in [2.05, 4.69) is 15.9 Å². The van der Waals surface area contributed by atoms with Gasteiger partial charge in [0.2, 0.25) is 0 Å². The average Bonchev–Trinajstić information content (AvgIpc) is 2.32. The Morgan fingerprint density at radius 2 is 2.22 bits per heavy atom. The Bertz CT molecular complexity index is 425. The van der Waals surface area contributed by atoms with Crippen LogP contribution in [0.1, 0.15) is 15.9 Å². The molecule has 0 N–H and O–H groups in total. The number of ether oxygens (including phenoxy) is 1. The van der Waals surface area contributed by atoms with E-state index in [4.69, 9.17) is 16.3 Å². The first-order valence-corrected chi connectivity index (χ1v) is 6.84. The molecule has 1 atom stereocenters. The van der Waals surface area contributed by atoms with Crippen LogP contribution in [-0.2, 0) is 4.74 Å². The van der Waals surface area contributed by atoms with Crippen molar-refractivity contribution in [2.45, 2.75) is 12.3 Å². The van der Waals surface area contributed by atoms with Gasteiger partial charge in [0.25, 0.3) is 5.91 Å². The quantitative estimate of drug-likeness (QED) is 0.775. The van der Waals surface area contributed by atoms with E-state index in [0.29, 0.717) is 18.7 Å². The second-order valence-electron chi connectivity index (χ2n) is 4.17. The van der Waals surface area contributed by atoms with Crippen molar-refractivity contribution in [3.63, 3.8) is 0 Å². The Morgan fingerprint density at radius 1 is 1.56 bits per heavy atom. The van der Waals surface area contributed by atoms with Gasteiger partial charge >= 0.3 is 0 Å². The van der Waals surface area contributed by atoms with Gasteiger partial charge in [-0.05, 0) is 34.5 Å². The molecule has 0 fully saturated rings. The third-order valence-corrected chi connectivity index (χ3v) is 3.90. The molecule has 0 bridgehead atoms. The highest BCUT2D eigenvalue weighted by atomic mass is 79.9. The molecule has 5 heteroatoms. The van der Waals surface area contributed by atoms with Gasteiger partial charge in [-0.25, -0.2) is 0 Å². The van der Waals surface area contributed by atoms with Gasteiger partial charge in [-0.3, -0.25) is 4.79 Å². The highest BCUT2D eigenvalue weighted by Gasteiger charge is 2.18. The SMILES string of the molecule is COCC(Cl)CN(C)C(=O)c1cccc(C)c1Br. The van der Waals surface area contributed by atoms with Crippen molar-refractivity contribution in [1.82, 2.24) is 4.90 Å². The topological polar surface area (TPSA) is 29.5 Å². The Morgan fingerprint density at radius 3 is 2.83 bits per heavy atom. The molecule has 0 aliphatic heterocycles. The van der Waals surface area contributed by atoms with Crippen LogP contribution in [0.15, 0.2) is 22.7 Å². The maximum Gasteiger partial charge on any atom is 0.254 e. The van der Waals surface area contributed by atoms with E-state index in [9.17, 15) is 4.79 Å². The Kier molecular flexibility index (Phi) is 6.12. The lowest BCUT2D eigenvalue weighted by atomic mass is 10.1. The maximum atomic E-state index is 12.3. The fourth-order valence-corrected chi connectivity index (χ4v) is 2.40. The summed E-state index contributed by atoms with van der Waals surface area (Å²) in [4.78, 5) is 13.9. The van der Waals surface area contributed by atoms with E-state index in [1.54, 1.807) is 25.1 Å². The first kappa shape index (κ1) is 15.5. The minimum Gasteiger partial charge on any atom is -0.383 e. The molecule has 0 saturated carbocycles. The van der Waals surface area contributed by atoms with Crippen molar-refractivity contribution in [2.75, 3.05) is 27.3 Å². The number of carbonyl (C=O) groups is 1. The highest BCUT2D eigenvalue weighted by Crippen LogP contribution is 2.22. The highest BCUT2D eigenvalue weighted by molar-refractivity contribution is 9.10. The zero-order valence-corrected chi connectivity index (χ0v) is 13.1. The van der Waals surface area contributed by atoms with E-state index in [0.717, 1.165) is 10.0 Å². The summed E-state index contributed by atoms with van der Waals surface area (Å²) in [5.74, 6) is -0.0488. The molecule has 18 heavy (non-hydrogen) atoms.